The summed E-state index contributed by atoms with van der Waals surface area (Å²) >= 11 is 5.99. The number of nitrogens with zero attached hydrogens (tertiary/aromatic N) is 6. The molecule has 4 rings (SSSR count). The quantitative estimate of drug-likeness (QED) is 0.553. The number of amides is 1. The van der Waals surface area contributed by atoms with Crippen LogP contribution in [0, 0.1) is 12.3 Å². The second kappa shape index (κ2) is 6.97. The fourth-order valence-corrected chi connectivity index (χ4v) is 2.95. The van der Waals surface area contributed by atoms with Crippen LogP contribution in [0.3, 0.4) is 0 Å². The molecule has 0 bridgehead atoms. The summed E-state index contributed by atoms with van der Waals surface area (Å²) in [5.74, 6) is 0.968. The van der Waals surface area contributed by atoms with Gasteiger partial charge in [-0.2, -0.15) is 14.9 Å². The van der Waals surface area contributed by atoms with Crippen LogP contribution in [-0.4, -0.2) is 35.4 Å². The molecule has 4 aromatic rings. The van der Waals surface area contributed by atoms with Gasteiger partial charge in [-0.15, -0.1) is 0 Å². The van der Waals surface area contributed by atoms with E-state index in [0.717, 1.165) is 11.4 Å². The number of benzene rings is 1. The monoisotopic (exact) mass is 409 g/mol. The summed E-state index contributed by atoms with van der Waals surface area (Å²) in [7, 11) is 0. The van der Waals surface area contributed by atoms with E-state index >= 15 is 0 Å². The lowest BCUT2D eigenvalue weighted by atomic mass is 9.96. The number of hydrogen-bond donors (Lipinski definition) is 1. The van der Waals surface area contributed by atoms with Gasteiger partial charge in [-0.05, 0) is 31.2 Å². The number of halogens is 1. The summed E-state index contributed by atoms with van der Waals surface area (Å²) in [6.07, 6.45) is 3.14. The minimum atomic E-state index is -0.538. The molecular weight excluding hydrogens is 390 g/mol. The van der Waals surface area contributed by atoms with E-state index in [0.29, 0.717) is 27.7 Å². The Morgan fingerprint density at radius 3 is 2.52 bits per heavy atom. The first kappa shape index (κ1) is 19.1. The highest BCUT2D eigenvalue weighted by Crippen LogP contribution is 2.25. The minimum absolute atomic E-state index is 0.110. The van der Waals surface area contributed by atoms with Crippen LogP contribution in [0.25, 0.3) is 22.5 Å². The number of fused-ring (bicyclic) bond motifs is 1. The van der Waals surface area contributed by atoms with E-state index in [1.807, 2.05) is 39.8 Å². The molecule has 0 saturated heterocycles. The summed E-state index contributed by atoms with van der Waals surface area (Å²) in [5.41, 5.74) is 1.67. The summed E-state index contributed by atoms with van der Waals surface area (Å²) < 4.78 is 3.32. The zero-order valence-electron chi connectivity index (χ0n) is 16.5. The molecule has 3 aromatic heterocycles. The Hall–Kier alpha value is -3.26. The van der Waals surface area contributed by atoms with Gasteiger partial charge in [0.05, 0.1) is 23.0 Å². The lowest BCUT2D eigenvalue weighted by Gasteiger charge is -2.18. The molecule has 29 heavy (non-hydrogen) atoms. The average molecular weight is 410 g/mol. The van der Waals surface area contributed by atoms with Crippen molar-refractivity contribution in [3.8, 4) is 11.5 Å². The highest BCUT2D eigenvalue weighted by atomic mass is 35.5. The first-order valence-electron chi connectivity index (χ1n) is 9.07. The molecule has 3 heterocycles. The van der Waals surface area contributed by atoms with Gasteiger partial charge in [0, 0.05) is 16.5 Å². The van der Waals surface area contributed by atoms with Crippen LogP contribution < -0.4 is 5.32 Å². The Morgan fingerprint density at radius 1 is 1.10 bits per heavy atom. The maximum atomic E-state index is 12.5. The van der Waals surface area contributed by atoms with E-state index in [1.165, 1.54) is 6.33 Å². The van der Waals surface area contributed by atoms with Crippen molar-refractivity contribution < 1.29 is 4.79 Å². The SMILES string of the molecule is Cc1cc(NC(=O)C(C)(C)C)n(-c2ncnc3c2cnn3-c2ccc(Cl)cc2)n1. The predicted octanol–water partition coefficient (Wildman–Crippen LogP) is 3.95. The Balaban J connectivity index is 1.82. The van der Waals surface area contributed by atoms with Crippen molar-refractivity contribution in [1.82, 2.24) is 29.5 Å². The lowest BCUT2D eigenvalue weighted by molar-refractivity contribution is -0.123. The van der Waals surface area contributed by atoms with Crippen LogP contribution in [0.2, 0.25) is 5.02 Å². The molecule has 0 spiro atoms. The van der Waals surface area contributed by atoms with Crippen LogP contribution >= 0.6 is 11.6 Å². The van der Waals surface area contributed by atoms with Crippen molar-refractivity contribution >= 4 is 34.4 Å². The fourth-order valence-electron chi connectivity index (χ4n) is 2.83. The van der Waals surface area contributed by atoms with Gasteiger partial charge in [-0.3, -0.25) is 4.79 Å². The standard InChI is InChI=1S/C20H20ClN7O/c1-12-9-16(25-19(29)20(2,3)4)28(26-12)18-15-10-24-27(17(15)22-11-23-18)14-7-5-13(21)6-8-14/h5-11H,1-4H3,(H,25,29). The molecule has 0 unspecified atom stereocenters. The molecule has 9 heteroatoms. The largest absolute Gasteiger partial charge is 0.310 e. The van der Waals surface area contributed by atoms with E-state index < -0.39 is 5.41 Å². The van der Waals surface area contributed by atoms with Gasteiger partial charge in [0.25, 0.3) is 0 Å². The molecule has 0 atom stereocenters. The molecule has 0 aliphatic carbocycles. The van der Waals surface area contributed by atoms with Gasteiger partial charge in [0.1, 0.15) is 12.1 Å². The van der Waals surface area contributed by atoms with Gasteiger partial charge in [-0.25, -0.2) is 14.6 Å². The predicted molar refractivity (Wildman–Crippen MR) is 112 cm³/mol. The van der Waals surface area contributed by atoms with E-state index in [4.69, 9.17) is 11.6 Å². The summed E-state index contributed by atoms with van der Waals surface area (Å²) in [5, 5.41) is 13.3. The molecular formula is C20H20ClN7O. The Bertz CT molecular complexity index is 1200. The van der Waals surface area contributed by atoms with Crippen LogP contribution in [0.1, 0.15) is 26.5 Å². The van der Waals surface area contributed by atoms with Crippen molar-refractivity contribution in [1.29, 1.82) is 0 Å². The van der Waals surface area contributed by atoms with E-state index in [2.05, 4.69) is 25.5 Å². The zero-order chi connectivity index (χ0) is 20.8. The van der Waals surface area contributed by atoms with Crippen molar-refractivity contribution in [2.24, 2.45) is 5.41 Å². The van der Waals surface area contributed by atoms with Crippen molar-refractivity contribution in [3.63, 3.8) is 0 Å². The Morgan fingerprint density at radius 2 is 1.83 bits per heavy atom. The number of carbonyl (C=O) groups is 1. The minimum Gasteiger partial charge on any atom is -0.310 e. The van der Waals surface area contributed by atoms with Crippen LogP contribution in [-0.2, 0) is 4.79 Å². The number of rotatable bonds is 3. The number of aromatic nitrogens is 6. The van der Waals surface area contributed by atoms with Crippen molar-refractivity contribution in [3.05, 3.63) is 53.6 Å². The third kappa shape index (κ3) is 3.58. The van der Waals surface area contributed by atoms with Crippen LogP contribution in [0.5, 0.6) is 0 Å². The van der Waals surface area contributed by atoms with Gasteiger partial charge in [0.15, 0.2) is 11.5 Å². The first-order chi connectivity index (χ1) is 13.7. The molecule has 0 aliphatic heterocycles. The summed E-state index contributed by atoms with van der Waals surface area (Å²) in [6.45, 7) is 7.43. The number of carbonyl (C=O) groups excluding carboxylic acids is 1. The molecule has 0 radical (unpaired) electrons. The first-order valence-corrected chi connectivity index (χ1v) is 9.45. The second-order valence-electron chi connectivity index (χ2n) is 7.75. The van der Waals surface area contributed by atoms with Crippen molar-refractivity contribution in [2.75, 3.05) is 5.32 Å². The maximum Gasteiger partial charge on any atom is 0.230 e. The molecule has 8 nitrogen and oxygen atoms in total. The van der Waals surface area contributed by atoms with Crippen LogP contribution in [0.4, 0.5) is 5.82 Å². The summed E-state index contributed by atoms with van der Waals surface area (Å²) in [4.78, 5) is 21.3. The molecule has 0 aliphatic rings. The molecule has 148 valence electrons. The second-order valence-corrected chi connectivity index (χ2v) is 8.19. The van der Waals surface area contributed by atoms with E-state index in [9.17, 15) is 4.79 Å². The van der Waals surface area contributed by atoms with Crippen molar-refractivity contribution in [2.45, 2.75) is 27.7 Å². The third-order valence-electron chi connectivity index (χ3n) is 4.37. The van der Waals surface area contributed by atoms with E-state index in [1.54, 1.807) is 33.8 Å². The number of nitrogens with one attached hydrogen (secondary N) is 1. The Labute approximate surface area is 172 Å². The summed E-state index contributed by atoms with van der Waals surface area (Å²) in [6, 6.07) is 9.13. The number of anilines is 1. The van der Waals surface area contributed by atoms with Gasteiger partial charge in [-0.1, -0.05) is 32.4 Å². The smallest absolute Gasteiger partial charge is 0.230 e. The average Bonchev–Trinajstić information content (AvgIpc) is 3.25. The molecule has 1 N–H and O–H groups in total. The molecule has 0 saturated carbocycles. The highest BCUT2D eigenvalue weighted by molar-refractivity contribution is 6.30. The van der Waals surface area contributed by atoms with Crippen LogP contribution in [0.15, 0.2) is 42.9 Å². The molecule has 1 aromatic carbocycles. The third-order valence-corrected chi connectivity index (χ3v) is 4.62. The van der Waals surface area contributed by atoms with Gasteiger partial charge >= 0.3 is 0 Å². The van der Waals surface area contributed by atoms with E-state index in [-0.39, 0.29) is 5.91 Å². The van der Waals surface area contributed by atoms with Gasteiger partial charge < -0.3 is 5.32 Å². The topological polar surface area (TPSA) is 90.5 Å². The number of aryl methyl sites for hydroxylation is 1. The fraction of sp³-hybridized carbons (Fsp3) is 0.250. The normalized spacial score (nSPS) is 11.8. The molecule has 0 fully saturated rings. The lowest BCUT2D eigenvalue weighted by Crippen LogP contribution is -2.28. The zero-order valence-corrected chi connectivity index (χ0v) is 17.3. The molecule has 1 amide bonds. The highest BCUT2D eigenvalue weighted by Gasteiger charge is 2.24. The maximum absolute atomic E-state index is 12.5. The van der Waals surface area contributed by atoms with Gasteiger partial charge in [0.2, 0.25) is 5.91 Å². The number of hydrogen-bond acceptors (Lipinski definition) is 5. The Kier molecular flexibility index (Phi) is 4.58.